The first-order valence-electron chi connectivity index (χ1n) is 7.05. The Morgan fingerprint density at radius 2 is 1.78 bits per heavy atom. The van der Waals surface area contributed by atoms with Crippen LogP contribution in [0.15, 0.2) is 30.5 Å². The molecule has 6 nitrogen and oxygen atoms in total. The van der Waals surface area contributed by atoms with Crippen LogP contribution in [0.5, 0.6) is 0 Å². The van der Waals surface area contributed by atoms with Gasteiger partial charge in [0.1, 0.15) is 0 Å². The molecule has 1 aromatic heterocycles. The molecule has 0 saturated heterocycles. The Morgan fingerprint density at radius 3 is 2.35 bits per heavy atom. The van der Waals surface area contributed by atoms with Gasteiger partial charge < -0.3 is 18.9 Å². The highest BCUT2D eigenvalue weighted by atomic mass is 16.5. The van der Waals surface area contributed by atoms with Crippen molar-refractivity contribution in [3.63, 3.8) is 0 Å². The second-order valence-corrected chi connectivity index (χ2v) is 5.29. The minimum absolute atomic E-state index is 0.289. The van der Waals surface area contributed by atoms with Crippen LogP contribution in [0.25, 0.3) is 16.5 Å². The first kappa shape index (κ1) is 16.6. The van der Waals surface area contributed by atoms with Crippen molar-refractivity contribution in [2.24, 2.45) is 7.05 Å². The molecule has 0 bridgehead atoms. The largest absolute Gasteiger partial charge is 0.465 e. The third kappa shape index (κ3) is 2.92. The first-order valence-corrected chi connectivity index (χ1v) is 7.05. The van der Waals surface area contributed by atoms with Crippen LogP contribution in [-0.2, 0) is 21.3 Å². The number of nitrogens with zero attached hydrogens (tertiary/aromatic N) is 2. The highest BCUT2D eigenvalue weighted by Gasteiger charge is 2.28. The van der Waals surface area contributed by atoms with E-state index < -0.39 is 11.9 Å². The van der Waals surface area contributed by atoms with E-state index in [9.17, 15) is 9.59 Å². The first-order chi connectivity index (χ1) is 10.9. The van der Waals surface area contributed by atoms with E-state index in [0.717, 1.165) is 10.9 Å². The topological polar surface area (TPSA) is 60.8 Å². The molecular formula is C17H20N2O4. The molecule has 0 saturated carbocycles. The predicted molar refractivity (Wildman–Crippen MR) is 87.9 cm³/mol. The molecule has 0 unspecified atom stereocenters. The minimum atomic E-state index is -0.519. The second kappa shape index (κ2) is 6.56. The predicted octanol–water partition coefficient (Wildman–Crippen LogP) is 2.04. The molecule has 0 aliphatic heterocycles. The van der Waals surface area contributed by atoms with Crippen molar-refractivity contribution in [3.05, 3.63) is 41.7 Å². The van der Waals surface area contributed by atoms with E-state index >= 15 is 0 Å². The maximum absolute atomic E-state index is 12.3. The van der Waals surface area contributed by atoms with E-state index in [2.05, 4.69) is 0 Å². The molecule has 122 valence electrons. The molecule has 0 amide bonds. The lowest BCUT2D eigenvalue weighted by Gasteiger charge is -2.13. The van der Waals surface area contributed by atoms with Gasteiger partial charge in [-0.2, -0.15) is 0 Å². The summed E-state index contributed by atoms with van der Waals surface area (Å²) in [5, 5.41) is 0.727. The summed E-state index contributed by atoms with van der Waals surface area (Å²) in [6, 6.07) is 7.43. The van der Waals surface area contributed by atoms with Gasteiger partial charge in [-0.05, 0) is 6.07 Å². The summed E-state index contributed by atoms with van der Waals surface area (Å²) in [7, 11) is 8.02. The Morgan fingerprint density at radius 1 is 1.13 bits per heavy atom. The van der Waals surface area contributed by atoms with E-state index in [-0.39, 0.29) is 5.57 Å². The van der Waals surface area contributed by atoms with Crippen molar-refractivity contribution >= 4 is 28.4 Å². The highest BCUT2D eigenvalue weighted by molar-refractivity contribution is 6.21. The monoisotopic (exact) mass is 316 g/mol. The van der Waals surface area contributed by atoms with Crippen molar-refractivity contribution < 1.29 is 19.1 Å². The third-order valence-corrected chi connectivity index (χ3v) is 3.54. The lowest BCUT2D eigenvalue weighted by molar-refractivity contribution is -0.133. The van der Waals surface area contributed by atoms with Gasteiger partial charge in [-0.25, -0.2) is 9.59 Å². The molecule has 0 aliphatic rings. The molecular weight excluding hydrogens is 296 g/mol. The fraction of sp³-hybridized carbons (Fsp3) is 0.294. The normalized spacial score (nSPS) is 11.4. The zero-order chi connectivity index (χ0) is 17.1. The van der Waals surface area contributed by atoms with Gasteiger partial charge in [0.25, 0.3) is 0 Å². The molecule has 2 aromatic rings. The molecule has 1 aromatic carbocycles. The number of esters is 2. The van der Waals surface area contributed by atoms with Gasteiger partial charge in [-0.1, -0.05) is 18.2 Å². The van der Waals surface area contributed by atoms with Crippen molar-refractivity contribution in [2.45, 2.75) is 0 Å². The summed E-state index contributed by atoms with van der Waals surface area (Å²) in [5.74, 6) is -1.01. The number of benzene rings is 1. The van der Waals surface area contributed by atoms with Gasteiger partial charge >= 0.3 is 11.9 Å². The van der Waals surface area contributed by atoms with E-state index in [1.165, 1.54) is 14.2 Å². The molecule has 0 atom stereocenters. The number of para-hydroxylation sites is 1. The number of hydrogen-bond acceptors (Lipinski definition) is 5. The van der Waals surface area contributed by atoms with Crippen LogP contribution >= 0.6 is 0 Å². The Bertz CT molecular complexity index is 787. The number of ether oxygens (including phenoxy) is 2. The molecule has 0 spiro atoms. The van der Waals surface area contributed by atoms with Crippen molar-refractivity contribution in [3.8, 4) is 0 Å². The lowest BCUT2D eigenvalue weighted by atomic mass is 10.1. The summed E-state index contributed by atoms with van der Waals surface area (Å²) < 4.78 is 11.6. The molecule has 0 N–H and O–H groups in total. The van der Waals surface area contributed by atoms with E-state index in [1.54, 1.807) is 36.8 Å². The zero-order valence-electron chi connectivity index (χ0n) is 13.9. The third-order valence-electron chi connectivity index (χ3n) is 3.54. The SMILES string of the molecule is COC(=O)/C(=C/N(C)C)c1c(C(=O)OC)c2ccccc2n1C. The Labute approximate surface area is 134 Å². The Kier molecular flexibility index (Phi) is 4.74. The number of aromatic nitrogens is 1. The molecule has 2 rings (SSSR count). The Balaban J connectivity index is 2.88. The number of carbonyl (C=O) groups is 2. The van der Waals surface area contributed by atoms with Gasteiger partial charge in [0.05, 0.1) is 31.1 Å². The Hall–Kier alpha value is -2.76. The summed E-state index contributed by atoms with van der Waals surface area (Å²) in [6.07, 6.45) is 1.63. The maximum Gasteiger partial charge on any atom is 0.341 e. The highest BCUT2D eigenvalue weighted by Crippen LogP contribution is 2.31. The number of carbonyl (C=O) groups excluding carboxylic acids is 2. The van der Waals surface area contributed by atoms with Crippen molar-refractivity contribution in [2.75, 3.05) is 28.3 Å². The molecule has 1 heterocycles. The van der Waals surface area contributed by atoms with Crippen molar-refractivity contribution in [1.29, 1.82) is 0 Å². The van der Waals surface area contributed by atoms with Gasteiger partial charge in [0, 0.05) is 38.2 Å². The molecule has 23 heavy (non-hydrogen) atoms. The molecule has 0 fully saturated rings. The van der Waals surface area contributed by atoms with E-state index in [0.29, 0.717) is 11.3 Å². The van der Waals surface area contributed by atoms with Crippen LogP contribution in [0.3, 0.4) is 0 Å². The van der Waals surface area contributed by atoms with Gasteiger partial charge in [0.15, 0.2) is 0 Å². The molecule has 0 radical (unpaired) electrons. The second-order valence-electron chi connectivity index (χ2n) is 5.29. The fourth-order valence-corrected chi connectivity index (χ4v) is 2.60. The summed E-state index contributed by atoms with van der Waals surface area (Å²) in [4.78, 5) is 26.3. The number of fused-ring (bicyclic) bond motifs is 1. The average molecular weight is 316 g/mol. The zero-order valence-corrected chi connectivity index (χ0v) is 13.9. The fourth-order valence-electron chi connectivity index (χ4n) is 2.60. The van der Waals surface area contributed by atoms with E-state index in [4.69, 9.17) is 9.47 Å². The smallest absolute Gasteiger partial charge is 0.341 e. The van der Waals surface area contributed by atoms with Crippen LogP contribution in [0.4, 0.5) is 0 Å². The van der Waals surface area contributed by atoms with Gasteiger partial charge in [-0.3, -0.25) is 0 Å². The molecule has 0 aliphatic carbocycles. The van der Waals surface area contributed by atoms with Crippen LogP contribution in [0, 0.1) is 0 Å². The summed E-state index contributed by atoms with van der Waals surface area (Å²) in [6.45, 7) is 0. The summed E-state index contributed by atoms with van der Waals surface area (Å²) in [5.41, 5.74) is 1.94. The van der Waals surface area contributed by atoms with Gasteiger partial charge in [-0.15, -0.1) is 0 Å². The van der Waals surface area contributed by atoms with Crippen LogP contribution in [0.1, 0.15) is 16.1 Å². The number of rotatable bonds is 4. The minimum Gasteiger partial charge on any atom is -0.465 e. The van der Waals surface area contributed by atoms with Crippen LogP contribution in [0.2, 0.25) is 0 Å². The van der Waals surface area contributed by atoms with Crippen LogP contribution in [-0.4, -0.2) is 49.7 Å². The van der Waals surface area contributed by atoms with Gasteiger partial charge in [0.2, 0.25) is 0 Å². The van der Waals surface area contributed by atoms with E-state index in [1.807, 2.05) is 24.3 Å². The number of aryl methyl sites for hydroxylation is 1. The van der Waals surface area contributed by atoms with Crippen LogP contribution < -0.4 is 0 Å². The molecule has 6 heteroatoms. The lowest BCUT2D eigenvalue weighted by Crippen LogP contribution is -2.15. The maximum atomic E-state index is 12.3. The van der Waals surface area contributed by atoms with Crippen molar-refractivity contribution in [1.82, 2.24) is 9.47 Å². The summed E-state index contributed by atoms with van der Waals surface area (Å²) >= 11 is 0. The number of methoxy groups -OCH3 is 2. The quantitative estimate of drug-likeness (QED) is 0.638. The average Bonchev–Trinajstić information content (AvgIpc) is 2.84. The standard InChI is InChI=1S/C17H20N2O4/c1-18(2)10-12(16(20)22-4)15-14(17(21)23-5)11-8-6-7-9-13(11)19(15)3/h6-10H,1-5H3/b12-10+. The number of hydrogen-bond donors (Lipinski definition) is 0.